The second-order valence-corrected chi connectivity index (χ2v) is 10.3. The van der Waals surface area contributed by atoms with Crippen LogP contribution in [-0.2, 0) is 20.6 Å². The van der Waals surface area contributed by atoms with Gasteiger partial charge in [0.15, 0.2) is 0 Å². The van der Waals surface area contributed by atoms with Gasteiger partial charge in [-0.05, 0) is 66.2 Å². The summed E-state index contributed by atoms with van der Waals surface area (Å²) in [5, 5.41) is 3.45. The fraction of sp³-hybridized carbons (Fsp3) is 0.0952. The van der Waals surface area contributed by atoms with Crippen LogP contribution >= 0.6 is 39.3 Å². The quantitative estimate of drug-likeness (QED) is 0.391. The Morgan fingerprint density at radius 2 is 1.50 bits per heavy atom. The van der Waals surface area contributed by atoms with Gasteiger partial charge >= 0.3 is 0 Å². The maximum atomic E-state index is 12.5. The van der Waals surface area contributed by atoms with Gasteiger partial charge in [-0.2, -0.15) is 0 Å². The number of rotatable bonds is 8. The Bertz CT molecular complexity index is 1100. The van der Waals surface area contributed by atoms with Gasteiger partial charge in [0.2, 0.25) is 5.91 Å². The lowest BCUT2D eigenvalue weighted by Crippen LogP contribution is -2.15. The van der Waals surface area contributed by atoms with Crippen molar-refractivity contribution in [1.29, 1.82) is 0 Å². The van der Waals surface area contributed by atoms with E-state index in [0.717, 1.165) is 10.0 Å². The van der Waals surface area contributed by atoms with E-state index in [4.69, 9.17) is 11.6 Å². The number of amides is 1. The van der Waals surface area contributed by atoms with E-state index in [1.54, 1.807) is 36.4 Å². The Balaban J connectivity index is 1.52. The third-order valence-corrected chi connectivity index (χ3v) is 7.14. The maximum absolute atomic E-state index is 12.5. The van der Waals surface area contributed by atoms with Crippen molar-refractivity contribution >= 4 is 66.6 Å². The highest BCUT2D eigenvalue weighted by molar-refractivity contribution is 9.10. The summed E-state index contributed by atoms with van der Waals surface area (Å²) in [6, 6.07) is 20.4. The molecule has 0 aromatic heterocycles. The van der Waals surface area contributed by atoms with Gasteiger partial charge in [-0.1, -0.05) is 39.7 Å². The Kier molecular flexibility index (Phi) is 7.82. The average Bonchev–Trinajstić information content (AvgIpc) is 2.71. The first-order chi connectivity index (χ1) is 14.3. The molecule has 0 fully saturated rings. The molecule has 0 aliphatic rings. The molecule has 30 heavy (non-hydrogen) atoms. The maximum Gasteiger partial charge on any atom is 0.261 e. The minimum Gasteiger partial charge on any atom is -0.325 e. The van der Waals surface area contributed by atoms with E-state index in [-0.39, 0.29) is 16.6 Å². The van der Waals surface area contributed by atoms with Gasteiger partial charge in [0.05, 0.1) is 10.6 Å². The van der Waals surface area contributed by atoms with Gasteiger partial charge in [0.25, 0.3) is 10.0 Å². The fourth-order valence-corrected chi connectivity index (χ4v) is 4.73. The van der Waals surface area contributed by atoms with Crippen LogP contribution in [-0.4, -0.2) is 20.1 Å². The second-order valence-electron chi connectivity index (χ2n) is 6.30. The van der Waals surface area contributed by atoms with E-state index in [0.29, 0.717) is 22.2 Å². The van der Waals surface area contributed by atoms with E-state index in [1.165, 1.54) is 23.9 Å². The number of benzene rings is 3. The Hall–Kier alpha value is -2.00. The van der Waals surface area contributed by atoms with Crippen molar-refractivity contribution in [1.82, 2.24) is 0 Å². The SMILES string of the molecule is O=C(CSCc1ccc(Cl)cc1)Nc1ccc(S(=O)(=O)Nc2ccc(Br)cc2)cc1. The first-order valence-corrected chi connectivity index (χ1v) is 12.6. The van der Waals surface area contributed by atoms with Crippen molar-refractivity contribution in [3.8, 4) is 0 Å². The Labute approximate surface area is 193 Å². The molecule has 0 aliphatic carbocycles. The molecular weight excluding hydrogens is 508 g/mol. The highest BCUT2D eigenvalue weighted by Crippen LogP contribution is 2.21. The van der Waals surface area contributed by atoms with Crippen molar-refractivity contribution in [2.24, 2.45) is 0 Å². The molecular formula is C21H18BrClN2O3S2. The normalized spacial score (nSPS) is 11.1. The molecule has 0 unspecified atom stereocenters. The van der Waals surface area contributed by atoms with Gasteiger partial charge in [-0.25, -0.2) is 8.42 Å². The van der Waals surface area contributed by atoms with Gasteiger partial charge < -0.3 is 5.32 Å². The molecule has 0 saturated carbocycles. The number of halogens is 2. The smallest absolute Gasteiger partial charge is 0.261 e. The van der Waals surface area contributed by atoms with Crippen molar-refractivity contribution in [3.63, 3.8) is 0 Å². The minimum absolute atomic E-state index is 0.112. The van der Waals surface area contributed by atoms with Gasteiger partial charge in [-0.3, -0.25) is 9.52 Å². The van der Waals surface area contributed by atoms with Crippen molar-refractivity contribution in [2.75, 3.05) is 15.8 Å². The average molecular weight is 526 g/mol. The molecule has 0 atom stereocenters. The summed E-state index contributed by atoms with van der Waals surface area (Å²) >= 11 is 10.7. The summed E-state index contributed by atoms with van der Waals surface area (Å²) in [6.45, 7) is 0. The highest BCUT2D eigenvalue weighted by Gasteiger charge is 2.14. The number of nitrogens with one attached hydrogen (secondary N) is 2. The van der Waals surface area contributed by atoms with E-state index in [9.17, 15) is 13.2 Å². The van der Waals surface area contributed by atoms with E-state index < -0.39 is 10.0 Å². The van der Waals surface area contributed by atoms with E-state index in [2.05, 4.69) is 26.0 Å². The van der Waals surface area contributed by atoms with Gasteiger partial charge in [0.1, 0.15) is 0 Å². The van der Waals surface area contributed by atoms with Crippen molar-refractivity contribution < 1.29 is 13.2 Å². The topological polar surface area (TPSA) is 75.3 Å². The van der Waals surface area contributed by atoms with Crippen LogP contribution < -0.4 is 10.0 Å². The predicted octanol–water partition coefficient (Wildman–Crippen LogP) is 5.78. The van der Waals surface area contributed by atoms with E-state index >= 15 is 0 Å². The number of sulfonamides is 1. The van der Waals surface area contributed by atoms with E-state index in [1.807, 2.05) is 24.3 Å². The molecule has 1 amide bonds. The zero-order chi connectivity index (χ0) is 21.6. The number of anilines is 2. The van der Waals surface area contributed by atoms with Crippen LogP contribution in [0.3, 0.4) is 0 Å². The summed E-state index contributed by atoms with van der Waals surface area (Å²) in [5.41, 5.74) is 2.09. The summed E-state index contributed by atoms with van der Waals surface area (Å²) in [6.07, 6.45) is 0. The van der Waals surface area contributed by atoms with Crippen LogP contribution in [0, 0.1) is 0 Å². The van der Waals surface area contributed by atoms with Crippen LogP contribution in [0.4, 0.5) is 11.4 Å². The lowest BCUT2D eigenvalue weighted by atomic mass is 10.2. The molecule has 0 radical (unpaired) electrons. The first kappa shape index (κ1) is 22.7. The Morgan fingerprint density at radius 1 is 0.900 bits per heavy atom. The summed E-state index contributed by atoms with van der Waals surface area (Å²) in [5.74, 6) is 0.828. The number of carbonyl (C=O) groups excluding carboxylic acids is 1. The van der Waals surface area contributed by atoms with Crippen LogP contribution in [0.1, 0.15) is 5.56 Å². The lowest BCUT2D eigenvalue weighted by Gasteiger charge is -2.10. The number of hydrogen-bond donors (Lipinski definition) is 2. The molecule has 3 rings (SSSR count). The summed E-state index contributed by atoms with van der Waals surface area (Å²) in [4.78, 5) is 12.2. The third kappa shape index (κ3) is 6.77. The molecule has 0 spiro atoms. The van der Waals surface area contributed by atoms with Crippen molar-refractivity contribution in [2.45, 2.75) is 10.6 Å². The molecule has 156 valence electrons. The highest BCUT2D eigenvalue weighted by atomic mass is 79.9. The standard InChI is InChI=1S/C21H18BrClN2O3S2/c22-16-3-7-19(8-4-16)25-30(27,28)20-11-9-18(10-12-20)24-21(26)14-29-13-15-1-5-17(23)6-2-15/h1-12,25H,13-14H2,(H,24,26). The molecule has 0 heterocycles. The summed E-state index contributed by atoms with van der Waals surface area (Å²) in [7, 11) is -3.71. The first-order valence-electron chi connectivity index (χ1n) is 8.82. The minimum atomic E-state index is -3.71. The van der Waals surface area contributed by atoms with Gasteiger partial charge in [-0.15, -0.1) is 11.8 Å². The van der Waals surface area contributed by atoms with Crippen LogP contribution in [0.2, 0.25) is 5.02 Å². The Morgan fingerprint density at radius 3 is 2.13 bits per heavy atom. The van der Waals surface area contributed by atoms with Crippen molar-refractivity contribution in [3.05, 3.63) is 87.9 Å². The molecule has 0 aliphatic heterocycles. The monoisotopic (exact) mass is 524 g/mol. The fourth-order valence-electron chi connectivity index (χ4n) is 2.49. The zero-order valence-corrected chi connectivity index (χ0v) is 19.6. The summed E-state index contributed by atoms with van der Waals surface area (Å²) < 4.78 is 28.4. The molecule has 3 aromatic carbocycles. The number of hydrogen-bond acceptors (Lipinski definition) is 4. The van der Waals surface area contributed by atoms with Crippen LogP contribution in [0.5, 0.6) is 0 Å². The molecule has 9 heteroatoms. The third-order valence-electron chi connectivity index (χ3n) is 3.96. The number of thioether (sulfide) groups is 1. The van der Waals surface area contributed by atoms with Crippen LogP contribution in [0.25, 0.3) is 0 Å². The molecule has 0 saturated heterocycles. The zero-order valence-electron chi connectivity index (χ0n) is 15.6. The predicted molar refractivity (Wildman–Crippen MR) is 128 cm³/mol. The molecule has 2 N–H and O–H groups in total. The lowest BCUT2D eigenvalue weighted by molar-refractivity contribution is -0.113. The largest absolute Gasteiger partial charge is 0.325 e. The number of carbonyl (C=O) groups is 1. The molecule has 3 aromatic rings. The van der Waals surface area contributed by atoms with Gasteiger partial charge in [0, 0.05) is 26.6 Å². The molecule has 5 nitrogen and oxygen atoms in total. The molecule has 0 bridgehead atoms. The second kappa shape index (κ2) is 10.3. The van der Waals surface area contributed by atoms with Crippen LogP contribution in [0.15, 0.2) is 82.2 Å².